The summed E-state index contributed by atoms with van der Waals surface area (Å²) in [7, 11) is 0. The van der Waals surface area contributed by atoms with Crippen molar-refractivity contribution < 1.29 is 18.0 Å². The van der Waals surface area contributed by atoms with E-state index >= 15 is 0 Å². The van der Waals surface area contributed by atoms with Crippen LogP contribution in [0.2, 0.25) is 0 Å². The van der Waals surface area contributed by atoms with Gasteiger partial charge in [-0.25, -0.2) is 23.1 Å². The Bertz CT molecular complexity index is 1100. The molecule has 0 aliphatic carbocycles. The van der Waals surface area contributed by atoms with Crippen LogP contribution in [0.5, 0.6) is 0 Å². The maximum atomic E-state index is 13.6. The smallest absolute Gasteiger partial charge is 0.258 e. The van der Waals surface area contributed by atoms with Gasteiger partial charge in [0, 0.05) is 49.1 Å². The topological polar surface area (TPSA) is 71.0 Å². The lowest BCUT2D eigenvalue weighted by atomic mass is 9.91. The molecular weight excluding hydrogens is 419 g/mol. The first-order valence-electron chi connectivity index (χ1n) is 10.3. The Balaban J connectivity index is 1.70. The summed E-state index contributed by atoms with van der Waals surface area (Å²) in [6.45, 7) is 1.40. The number of carbonyl (C=O) groups is 1. The van der Waals surface area contributed by atoms with Gasteiger partial charge in [0.05, 0.1) is 11.7 Å². The maximum Gasteiger partial charge on any atom is 0.258 e. The minimum absolute atomic E-state index is 0.111. The molecular formula is C23H22F3N5O. The SMILES string of the molecule is CC(=O)N1C[C@H](c2nc(Nc3cccc(F)c3)cc(-c3cccnc3)n2)CC[C@@H]1C(F)F. The molecule has 1 N–H and O–H groups in total. The van der Waals surface area contributed by atoms with Gasteiger partial charge in [0.1, 0.15) is 17.5 Å². The van der Waals surface area contributed by atoms with E-state index in [1.807, 2.05) is 6.07 Å². The van der Waals surface area contributed by atoms with Crippen LogP contribution in [0.1, 0.15) is 31.5 Å². The monoisotopic (exact) mass is 441 g/mol. The molecule has 1 amide bonds. The number of nitrogens with zero attached hydrogens (tertiary/aromatic N) is 4. The molecule has 0 bridgehead atoms. The highest BCUT2D eigenvalue weighted by atomic mass is 19.3. The maximum absolute atomic E-state index is 13.6. The van der Waals surface area contributed by atoms with Gasteiger partial charge in [-0.1, -0.05) is 6.07 Å². The van der Waals surface area contributed by atoms with E-state index in [0.29, 0.717) is 29.4 Å². The van der Waals surface area contributed by atoms with Crippen molar-refractivity contribution in [2.45, 2.75) is 38.2 Å². The van der Waals surface area contributed by atoms with Crippen LogP contribution < -0.4 is 5.32 Å². The lowest BCUT2D eigenvalue weighted by Crippen LogP contribution is -2.49. The quantitative estimate of drug-likeness (QED) is 0.617. The number of rotatable bonds is 5. The molecule has 3 aromatic rings. The number of alkyl halides is 2. The molecule has 1 saturated heterocycles. The molecule has 0 unspecified atom stereocenters. The van der Waals surface area contributed by atoms with E-state index in [9.17, 15) is 18.0 Å². The summed E-state index contributed by atoms with van der Waals surface area (Å²) >= 11 is 0. The number of piperidine rings is 1. The lowest BCUT2D eigenvalue weighted by Gasteiger charge is -2.38. The Labute approximate surface area is 183 Å². The largest absolute Gasteiger partial charge is 0.340 e. The number of carbonyl (C=O) groups excluding carboxylic acids is 1. The second kappa shape index (κ2) is 9.33. The standard InChI is InChI=1S/C23H22F3N5O/c1-14(32)31-13-16(7-8-20(31)22(25)26)23-29-19(15-4-3-9-27-12-15)11-21(30-23)28-18-6-2-5-17(24)10-18/h2-6,9-12,16,20,22H,7-8,13H2,1H3,(H,28,29,30)/t16-,20-/m1/s1. The van der Waals surface area contributed by atoms with Gasteiger partial charge in [-0.3, -0.25) is 9.78 Å². The van der Waals surface area contributed by atoms with Gasteiger partial charge in [-0.05, 0) is 43.2 Å². The molecule has 0 spiro atoms. The van der Waals surface area contributed by atoms with Crippen LogP contribution >= 0.6 is 0 Å². The first-order chi connectivity index (χ1) is 15.4. The second-order valence-corrected chi connectivity index (χ2v) is 7.72. The molecule has 1 aliphatic heterocycles. The zero-order chi connectivity index (χ0) is 22.7. The van der Waals surface area contributed by atoms with Crippen LogP contribution in [0.25, 0.3) is 11.3 Å². The summed E-state index contributed by atoms with van der Waals surface area (Å²) < 4.78 is 40.4. The van der Waals surface area contributed by atoms with E-state index in [4.69, 9.17) is 0 Å². The lowest BCUT2D eigenvalue weighted by molar-refractivity contribution is -0.137. The van der Waals surface area contributed by atoms with Gasteiger partial charge in [0.25, 0.3) is 6.43 Å². The number of halogens is 3. The molecule has 1 aromatic carbocycles. The molecule has 3 heterocycles. The summed E-state index contributed by atoms with van der Waals surface area (Å²) in [6.07, 6.45) is 1.29. The highest BCUT2D eigenvalue weighted by molar-refractivity contribution is 5.74. The number of benzene rings is 1. The number of hydrogen-bond donors (Lipinski definition) is 1. The van der Waals surface area contributed by atoms with E-state index in [1.165, 1.54) is 24.0 Å². The average molecular weight is 441 g/mol. The Morgan fingerprint density at radius 2 is 2.00 bits per heavy atom. The fraction of sp³-hybridized carbons (Fsp3) is 0.304. The van der Waals surface area contributed by atoms with Gasteiger partial charge in [-0.2, -0.15) is 0 Å². The van der Waals surface area contributed by atoms with Crippen molar-refractivity contribution >= 4 is 17.4 Å². The molecule has 2 aromatic heterocycles. The first kappa shape index (κ1) is 21.7. The van der Waals surface area contributed by atoms with Crippen LogP contribution in [-0.2, 0) is 4.79 Å². The molecule has 6 nitrogen and oxygen atoms in total. The van der Waals surface area contributed by atoms with E-state index in [1.54, 1.807) is 36.7 Å². The minimum atomic E-state index is -2.60. The number of amides is 1. The fourth-order valence-corrected chi connectivity index (χ4v) is 3.92. The molecule has 4 rings (SSSR count). The normalized spacial score (nSPS) is 18.6. The third-order valence-corrected chi connectivity index (χ3v) is 5.49. The predicted molar refractivity (Wildman–Crippen MR) is 114 cm³/mol. The number of aromatic nitrogens is 3. The predicted octanol–water partition coefficient (Wildman–Crippen LogP) is 4.78. The van der Waals surface area contributed by atoms with Crippen LogP contribution in [0, 0.1) is 5.82 Å². The Hall–Kier alpha value is -3.49. The first-order valence-corrected chi connectivity index (χ1v) is 10.3. The fourth-order valence-electron chi connectivity index (χ4n) is 3.92. The van der Waals surface area contributed by atoms with E-state index < -0.39 is 18.4 Å². The molecule has 166 valence electrons. The summed E-state index contributed by atoms with van der Waals surface area (Å²) in [5.41, 5.74) is 1.86. The number of anilines is 2. The number of hydrogen-bond acceptors (Lipinski definition) is 5. The minimum Gasteiger partial charge on any atom is -0.340 e. The van der Waals surface area contributed by atoms with Crippen molar-refractivity contribution in [1.29, 1.82) is 0 Å². The number of pyridine rings is 1. The second-order valence-electron chi connectivity index (χ2n) is 7.72. The summed E-state index contributed by atoms with van der Waals surface area (Å²) in [6, 6.07) is 10.2. The highest BCUT2D eigenvalue weighted by Crippen LogP contribution is 2.33. The van der Waals surface area contributed by atoms with E-state index in [2.05, 4.69) is 20.3 Å². The van der Waals surface area contributed by atoms with Crippen LogP contribution in [0.4, 0.5) is 24.7 Å². The van der Waals surface area contributed by atoms with Crippen LogP contribution in [-0.4, -0.2) is 44.8 Å². The molecule has 0 saturated carbocycles. The van der Waals surface area contributed by atoms with Crippen molar-refractivity contribution in [3.8, 4) is 11.3 Å². The third kappa shape index (κ3) is 4.87. The van der Waals surface area contributed by atoms with Gasteiger partial charge in [0.15, 0.2) is 0 Å². The van der Waals surface area contributed by atoms with Crippen molar-refractivity contribution in [3.05, 3.63) is 66.5 Å². The van der Waals surface area contributed by atoms with Crippen molar-refractivity contribution in [2.75, 3.05) is 11.9 Å². The van der Waals surface area contributed by atoms with Gasteiger partial charge in [0.2, 0.25) is 5.91 Å². The van der Waals surface area contributed by atoms with E-state index in [0.717, 1.165) is 5.56 Å². The van der Waals surface area contributed by atoms with Crippen molar-refractivity contribution in [3.63, 3.8) is 0 Å². The van der Waals surface area contributed by atoms with Crippen LogP contribution in [0.15, 0.2) is 54.9 Å². The van der Waals surface area contributed by atoms with Crippen LogP contribution in [0.3, 0.4) is 0 Å². The molecule has 9 heteroatoms. The van der Waals surface area contributed by atoms with Gasteiger partial charge >= 0.3 is 0 Å². The molecule has 1 fully saturated rings. The summed E-state index contributed by atoms with van der Waals surface area (Å²) in [5, 5.41) is 3.08. The third-order valence-electron chi connectivity index (χ3n) is 5.49. The Kier molecular flexibility index (Phi) is 6.34. The molecule has 2 atom stereocenters. The zero-order valence-electron chi connectivity index (χ0n) is 17.4. The van der Waals surface area contributed by atoms with Crippen molar-refractivity contribution in [2.24, 2.45) is 0 Å². The van der Waals surface area contributed by atoms with E-state index in [-0.39, 0.29) is 24.7 Å². The number of likely N-dealkylation sites (tertiary alicyclic amines) is 1. The Morgan fingerprint density at radius 1 is 1.16 bits per heavy atom. The summed E-state index contributed by atoms with van der Waals surface area (Å²) in [5.74, 6) is -0.228. The highest BCUT2D eigenvalue weighted by Gasteiger charge is 2.37. The Morgan fingerprint density at radius 3 is 2.69 bits per heavy atom. The average Bonchev–Trinajstić information content (AvgIpc) is 2.79. The van der Waals surface area contributed by atoms with Crippen molar-refractivity contribution in [1.82, 2.24) is 19.9 Å². The van der Waals surface area contributed by atoms with Gasteiger partial charge < -0.3 is 10.2 Å². The summed E-state index contributed by atoms with van der Waals surface area (Å²) in [4.78, 5) is 26.6. The molecule has 0 radical (unpaired) electrons. The molecule has 32 heavy (non-hydrogen) atoms. The van der Waals surface area contributed by atoms with Gasteiger partial charge in [-0.15, -0.1) is 0 Å². The number of nitrogens with one attached hydrogen (secondary N) is 1. The molecule has 1 aliphatic rings. The zero-order valence-corrected chi connectivity index (χ0v) is 17.4.